The van der Waals surface area contributed by atoms with Crippen molar-refractivity contribution >= 4 is 0 Å². The summed E-state index contributed by atoms with van der Waals surface area (Å²) in [4.78, 5) is 0. The maximum absolute atomic E-state index is 13.2. The molecular formula is C14H16F6. The maximum atomic E-state index is 13.2. The van der Waals surface area contributed by atoms with Gasteiger partial charge in [0.05, 0.1) is 11.8 Å². The lowest BCUT2D eigenvalue weighted by Crippen LogP contribution is -2.49. The number of alkyl halides is 6. The summed E-state index contributed by atoms with van der Waals surface area (Å²) in [6.07, 6.45) is -6.56. The van der Waals surface area contributed by atoms with Gasteiger partial charge in [0.2, 0.25) is 0 Å². The van der Waals surface area contributed by atoms with Crippen molar-refractivity contribution in [3.63, 3.8) is 0 Å². The highest BCUT2D eigenvalue weighted by Crippen LogP contribution is 2.73. The quantitative estimate of drug-likeness (QED) is 0.451. The van der Waals surface area contributed by atoms with Crippen molar-refractivity contribution < 1.29 is 26.3 Å². The Hall–Kier alpha value is -0.420. The molecule has 0 N–H and O–H groups in total. The highest BCUT2D eigenvalue weighted by Gasteiger charge is 2.74. The molecule has 4 fully saturated rings. The Labute approximate surface area is 112 Å². The molecule has 6 heteroatoms. The van der Waals surface area contributed by atoms with E-state index in [4.69, 9.17) is 0 Å². The van der Waals surface area contributed by atoms with Gasteiger partial charge in [-0.15, -0.1) is 0 Å². The van der Waals surface area contributed by atoms with Gasteiger partial charge in [0.25, 0.3) is 0 Å². The molecule has 8 atom stereocenters. The summed E-state index contributed by atoms with van der Waals surface area (Å²) in [6.45, 7) is 0. The smallest absolute Gasteiger partial charge is 0.171 e. The minimum absolute atomic E-state index is 0.0797. The average Bonchev–Trinajstić information content (AvgIpc) is 3.03. The van der Waals surface area contributed by atoms with Crippen LogP contribution in [0.4, 0.5) is 26.3 Å². The third kappa shape index (κ3) is 1.51. The molecular weight excluding hydrogens is 282 g/mol. The second-order valence-corrected chi connectivity index (χ2v) is 7.19. The molecule has 20 heavy (non-hydrogen) atoms. The summed E-state index contributed by atoms with van der Waals surface area (Å²) >= 11 is 0. The van der Waals surface area contributed by atoms with Crippen molar-refractivity contribution in [2.75, 3.05) is 0 Å². The van der Waals surface area contributed by atoms with Crippen LogP contribution in [0.15, 0.2) is 0 Å². The molecule has 4 bridgehead atoms. The van der Waals surface area contributed by atoms with Crippen molar-refractivity contribution in [1.29, 1.82) is 0 Å². The number of hydrogen-bond acceptors (Lipinski definition) is 0. The van der Waals surface area contributed by atoms with Crippen molar-refractivity contribution in [1.82, 2.24) is 0 Å². The average molecular weight is 298 g/mol. The lowest BCUT2D eigenvalue weighted by molar-refractivity contribution is -0.276. The Morgan fingerprint density at radius 1 is 0.600 bits per heavy atom. The Morgan fingerprint density at radius 3 is 1.35 bits per heavy atom. The predicted molar refractivity (Wildman–Crippen MR) is 58.5 cm³/mol. The van der Waals surface area contributed by atoms with Crippen molar-refractivity contribution in [2.24, 2.45) is 47.3 Å². The lowest BCUT2D eigenvalue weighted by Gasteiger charge is -2.44. The van der Waals surface area contributed by atoms with Crippen molar-refractivity contribution in [3.8, 4) is 0 Å². The molecule has 0 saturated heterocycles. The number of fused-ring (bicyclic) bond motifs is 9. The van der Waals surface area contributed by atoms with Crippen LogP contribution in [-0.4, -0.2) is 12.4 Å². The Bertz CT molecular complexity index is 386. The molecule has 0 nitrogen and oxygen atoms in total. The van der Waals surface area contributed by atoms with Crippen LogP contribution in [0.1, 0.15) is 25.7 Å². The van der Waals surface area contributed by atoms with Crippen LogP contribution in [0.3, 0.4) is 0 Å². The molecule has 0 aromatic heterocycles. The number of halogens is 6. The molecule has 0 aliphatic heterocycles. The van der Waals surface area contributed by atoms with Gasteiger partial charge in [0.15, 0.2) is 0 Å². The minimum Gasteiger partial charge on any atom is -0.171 e. The fourth-order valence-corrected chi connectivity index (χ4v) is 6.48. The summed E-state index contributed by atoms with van der Waals surface area (Å²) in [5, 5.41) is 0. The van der Waals surface area contributed by atoms with Crippen LogP contribution < -0.4 is 0 Å². The first kappa shape index (κ1) is 13.3. The van der Waals surface area contributed by atoms with Gasteiger partial charge in [0.1, 0.15) is 0 Å². The van der Waals surface area contributed by atoms with Crippen LogP contribution in [-0.2, 0) is 0 Å². The first-order chi connectivity index (χ1) is 9.19. The van der Waals surface area contributed by atoms with Crippen molar-refractivity contribution in [2.45, 2.75) is 38.0 Å². The first-order valence-electron chi connectivity index (χ1n) is 7.33. The molecule has 4 aliphatic carbocycles. The van der Waals surface area contributed by atoms with Crippen LogP contribution in [0.5, 0.6) is 0 Å². The van der Waals surface area contributed by atoms with E-state index in [0.29, 0.717) is 0 Å². The normalized spacial score (nSPS) is 53.7. The van der Waals surface area contributed by atoms with E-state index in [-0.39, 0.29) is 30.1 Å². The fourth-order valence-electron chi connectivity index (χ4n) is 6.48. The van der Waals surface area contributed by atoms with E-state index in [1.165, 1.54) is 0 Å². The fraction of sp³-hybridized carbons (Fsp3) is 1.00. The molecule has 0 spiro atoms. The molecule has 8 unspecified atom stereocenters. The molecule has 4 aliphatic rings. The van der Waals surface area contributed by atoms with Crippen LogP contribution in [0.2, 0.25) is 0 Å². The zero-order chi connectivity index (χ0) is 14.4. The SMILES string of the molecule is FC(F)(F)C1C2CC(C3C4CCC(C4)C23)C1C(F)(F)F. The van der Waals surface area contributed by atoms with Crippen LogP contribution >= 0.6 is 0 Å². The summed E-state index contributed by atoms with van der Waals surface area (Å²) in [5.41, 5.74) is 0. The minimum atomic E-state index is -4.72. The molecule has 4 saturated carbocycles. The summed E-state index contributed by atoms with van der Waals surface area (Å²) in [6, 6.07) is 0. The van der Waals surface area contributed by atoms with Gasteiger partial charge in [-0.1, -0.05) is 0 Å². The van der Waals surface area contributed by atoms with E-state index >= 15 is 0 Å². The van der Waals surface area contributed by atoms with Crippen LogP contribution in [0.25, 0.3) is 0 Å². The Balaban J connectivity index is 1.74. The third-order valence-electron chi connectivity index (χ3n) is 6.65. The summed E-state index contributed by atoms with van der Waals surface area (Å²) in [5.74, 6) is -5.47. The molecule has 114 valence electrons. The second-order valence-electron chi connectivity index (χ2n) is 7.19. The van der Waals surface area contributed by atoms with E-state index in [0.717, 1.165) is 19.3 Å². The van der Waals surface area contributed by atoms with Gasteiger partial charge in [-0.2, -0.15) is 26.3 Å². The van der Waals surface area contributed by atoms with Gasteiger partial charge in [-0.05, 0) is 61.2 Å². The van der Waals surface area contributed by atoms with Crippen LogP contribution in [0, 0.1) is 47.3 Å². The lowest BCUT2D eigenvalue weighted by atomic mass is 9.63. The topological polar surface area (TPSA) is 0 Å². The maximum Gasteiger partial charge on any atom is 0.392 e. The van der Waals surface area contributed by atoms with E-state index in [1.54, 1.807) is 0 Å². The number of hydrogen-bond donors (Lipinski definition) is 0. The zero-order valence-corrected chi connectivity index (χ0v) is 10.7. The highest BCUT2D eigenvalue weighted by atomic mass is 19.4. The third-order valence-corrected chi connectivity index (χ3v) is 6.65. The van der Waals surface area contributed by atoms with Crippen molar-refractivity contribution in [3.05, 3.63) is 0 Å². The van der Waals surface area contributed by atoms with E-state index in [2.05, 4.69) is 0 Å². The van der Waals surface area contributed by atoms with Gasteiger partial charge in [-0.3, -0.25) is 0 Å². The van der Waals surface area contributed by atoms with Gasteiger partial charge in [0, 0.05) is 0 Å². The van der Waals surface area contributed by atoms with Gasteiger partial charge >= 0.3 is 12.4 Å². The molecule has 0 aromatic rings. The van der Waals surface area contributed by atoms with Gasteiger partial charge in [-0.25, -0.2) is 0 Å². The second kappa shape index (κ2) is 3.67. The summed E-state index contributed by atoms with van der Waals surface area (Å²) < 4.78 is 79.2. The molecule has 0 aromatic carbocycles. The van der Waals surface area contributed by atoms with E-state index in [9.17, 15) is 26.3 Å². The largest absolute Gasteiger partial charge is 0.392 e. The molecule has 0 amide bonds. The van der Waals surface area contributed by atoms with E-state index < -0.39 is 36.0 Å². The molecule has 0 heterocycles. The standard InChI is InChI=1S/C14H16F6/c15-13(16,17)11-7-4-8(12(11)14(18,19)20)10-6-2-1-5(3-6)9(7)10/h5-12H,1-4H2. The Morgan fingerprint density at radius 2 is 1.00 bits per heavy atom. The number of rotatable bonds is 0. The first-order valence-corrected chi connectivity index (χ1v) is 7.33. The van der Waals surface area contributed by atoms with E-state index in [1.807, 2.05) is 0 Å². The van der Waals surface area contributed by atoms with Gasteiger partial charge < -0.3 is 0 Å². The zero-order valence-electron chi connectivity index (χ0n) is 10.7. The summed E-state index contributed by atoms with van der Waals surface area (Å²) in [7, 11) is 0. The Kier molecular flexibility index (Phi) is 2.43. The predicted octanol–water partition coefficient (Wildman–Crippen LogP) is 4.66. The molecule has 0 radical (unpaired) electrons. The monoisotopic (exact) mass is 298 g/mol. The molecule has 4 rings (SSSR count). The highest BCUT2D eigenvalue weighted by molar-refractivity contribution is 5.15.